The number of carbonyl (C=O) groups excluding carboxylic acids is 2. The smallest absolute Gasteiger partial charge is 0.323 e. The average Bonchev–Trinajstić information content (AvgIpc) is 3.35. The Kier molecular flexibility index (Phi) is 4.71. The van der Waals surface area contributed by atoms with E-state index in [0.717, 1.165) is 18.4 Å². The fraction of sp³-hybridized carbons (Fsp3) is 0.222. The van der Waals surface area contributed by atoms with Gasteiger partial charge in [0.2, 0.25) is 0 Å². The van der Waals surface area contributed by atoms with Crippen molar-refractivity contribution in [1.82, 2.24) is 5.32 Å². The minimum absolute atomic E-state index is 0.0805. The lowest BCUT2D eigenvalue weighted by molar-refractivity contribution is 0.0951. The van der Waals surface area contributed by atoms with Gasteiger partial charge in [-0.2, -0.15) is 0 Å². The monoisotopic (exact) mass is 343 g/mol. The number of rotatable bonds is 4. The summed E-state index contributed by atoms with van der Waals surface area (Å²) in [7, 11) is 0. The van der Waals surface area contributed by atoms with Crippen molar-refractivity contribution in [3.05, 3.63) is 58.6 Å². The SMILES string of the molecule is Cc1ccc(Cl)cc1NC(=O)Nc1ccc(C(=O)NC2CC2)cc1. The quantitative estimate of drug-likeness (QED) is 0.779. The maximum atomic E-state index is 12.1. The molecule has 0 heterocycles. The Morgan fingerprint density at radius 3 is 2.42 bits per heavy atom. The van der Waals surface area contributed by atoms with Gasteiger partial charge in [0.05, 0.1) is 0 Å². The normalized spacial score (nSPS) is 13.2. The van der Waals surface area contributed by atoms with Gasteiger partial charge in [0.15, 0.2) is 0 Å². The third-order valence-electron chi connectivity index (χ3n) is 3.77. The van der Waals surface area contributed by atoms with Gasteiger partial charge in [-0.1, -0.05) is 17.7 Å². The van der Waals surface area contributed by atoms with E-state index in [1.165, 1.54) is 0 Å². The molecule has 0 aromatic heterocycles. The summed E-state index contributed by atoms with van der Waals surface area (Å²) in [5, 5.41) is 8.97. The molecule has 1 aliphatic carbocycles. The van der Waals surface area contributed by atoms with Crippen LogP contribution in [0.4, 0.5) is 16.2 Å². The van der Waals surface area contributed by atoms with Crippen LogP contribution >= 0.6 is 11.6 Å². The molecule has 0 unspecified atom stereocenters. The molecule has 0 bridgehead atoms. The molecule has 2 aromatic rings. The van der Waals surface area contributed by atoms with Crippen LogP contribution in [0.1, 0.15) is 28.8 Å². The predicted molar refractivity (Wildman–Crippen MR) is 95.8 cm³/mol. The van der Waals surface area contributed by atoms with Crippen LogP contribution in [-0.2, 0) is 0 Å². The van der Waals surface area contributed by atoms with Gasteiger partial charge in [-0.05, 0) is 61.7 Å². The van der Waals surface area contributed by atoms with Gasteiger partial charge in [0.1, 0.15) is 0 Å². The van der Waals surface area contributed by atoms with Crippen LogP contribution in [-0.4, -0.2) is 18.0 Å². The molecule has 0 saturated heterocycles. The molecule has 3 rings (SSSR count). The maximum absolute atomic E-state index is 12.1. The Balaban J connectivity index is 1.59. The third-order valence-corrected chi connectivity index (χ3v) is 4.00. The predicted octanol–water partition coefficient (Wildman–Crippen LogP) is 4.18. The number of amides is 3. The van der Waals surface area contributed by atoms with Crippen LogP contribution in [0.15, 0.2) is 42.5 Å². The zero-order valence-corrected chi connectivity index (χ0v) is 14.0. The van der Waals surface area contributed by atoms with E-state index in [2.05, 4.69) is 16.0 Å². The average molecular weight is 344 g/mol. The van der Waals surface area contributed by atoms with E-state index in [1.54, 1.807) is 36.4 Å². The van der Waals surface area contributed by atoms with Crippen molar-refractivity contribution in [2.24, 2.45) is 0 Å². The summed E-state index contributed by atoms with van der Waals surface area (Å²) in [6, 6.07) is 12.0. The second kappa shape index (κ2) is 6.93. The van der Waals surface area contributed by atoms with Gasteiger partial charge >= 0.3 is 6.03 Å². The lowest BCUT2D eigenvalue weighted by Crippen LogP contribution is -2.25. The summed E-state index contributed by atoms with van der Waals surface area (Å²) in [5.74, 6) is -0.0805. The first-order chi connectivity index (χ1) is 11.5. The van der Waals surface area contributed by atoms with Gasteiger partial charge in [0.25, 0.3) is 5.91 Å². The number of halogens is 1. The zero-order chi connectivity index (χ0) is 17.1. The molecule has 0 aliphatic heterocycles. The summed E-state index contributed by atoms with van der Waals surface area (Å²) in [6.45, 7) is 1.89. The van der Waals surface area contributed by atoms with Gasteiger partial charge in [-0.25, -0.2) is 4.79 Å². The number of nitrogens with one attached hydrogen (secondary N) is 3. The third kappa shape index (κ3) is 4.26. The van der Waals surface area contributed by atoms with Crippen molar-refractivity contribution >= 4 is 34.9 Å². The van der Waals surface area contributed by atoms with Crippen molar-refractivity contribution in [1.29, 1.82) is 0 Å². The molecule has 6 heteroatoms. The molecule has 2 aromatic carbocycles. The van der Waals surface area contributed by atoms with E-state index in [-0.39, 0.29) is 11.9 Å². The number of aryl methyl sites for hydroxylation is 1. The Bertz CT molecular complexity index is 770. The van der Waals surface area contributed by atoms with Crippen molar-refractivity contribution in [3.63, 3.8) is 0 Å². The highest BCUT2D eigenvalue weighted by atomic mass is 35.5. The van der Waals surface area contributed by atoms with E-state index in [1.807, 2.05) is 13.0 Å². The molecule has 1 fully saturated rings. The Morgan fingerprint density at radius 2 is 1.75 bits per heavy atom. The molecular weight excluding hydrogens is 326 g/mol. The number of hydrogen-bond acceptors (Lipinski definition) is 2. The summed E-state index contributed by atoms with van der Waals surface area (Å²) in [6.07, 6.45) is 2.10. The highest BCUT2D eigenvalue weighted by Crippen LogP contribution is 2.21. The van der Waals surface area contributed by atoms with E-state index < -0.39 is 0 Å². The zero-order valence-electron chi connectivity index (χ0n) is 13.2. The summed E-state index contributed by atoms with van der Waals surface area (Å²) in [5.41, 5.74) is 2.76. The minimum Gasteiger partial charge on any atom is -0.349 e. The standard InChI is InChI=1S/C18H18ClN3O2/c1-11-2-5-13(19)10-16(11)22-18(24)21-15-6-3-12(4-7-15)17(23)20-14-8-9-14/h2-7,10,14H,8-9H2,1H3,(H,20,23)(H2,21,22,24). The molecule has 0 atom stereocenters. The highest BCUT2D eigenvalue weighted by molar-refractivity contribution is 6.31. The molecule has 3 N–H and O–H groups in total. The topological polar surface area (TPSA) is 70.2 Å². The van der Waals surface area contributed by atoms with Crippen LogP contribution in [0, 0.1) is 6.92 Å². The Labute approximate surface area is 145 Å². The van der Waals surface area contributed by atoms with Gasteiger partial charge < -0.3 is 16.0 Å². The second-order valence-electron chi connectivity index (χ2n) is 5.86. The van der Waals surface area contributed by atoms with Gasteiger partial charge in [-0.3, -0.25) is 4.79 Å². The molecule has 1 aliphatic rings. The Hall–Kier alpha value is -2.53. The van der Waals surface area contributed by atoms with Crippen molar-refractivity contribution in [2.75, 3.05) is 10.6 Å². The molecule has 0 radical (unpaired) electrons. The Morgan fingerprint density at radius 1 is 1.04 bits per heavy atom. The summed E-state index contributed by atoms with van der Waals surface area (Å²) < 4.78 is 0. The molecule has 5 nitrogen and oxygen atoms in total. The molecule has 0 spiro atoms. The van der Waals surface area contributed by atoms with Crippen LogP contribution in [0.3, 0.4) is 0 Å². The number of carbonyl (C=O) groups is 2. The number of urea groups is 1. The molecular formula is C18H18ClN3O2. The molecule has 124 valence electrons. The van der Waals surface area contributed by atoms with Crippen LogP contribution in [0.25, 0.3) is 0 Å². The first kappa shape index (κ1) is 16.3. The van der Waals surface area contributed by atoms with Crippen molar-refractivity contribution < 1.29 is 9.59 Å². The fourth-order valence-electron chi connectivity index (χ4n) is 2.21. The first-order valence-electron chi connectivity index (χ1n) is 7.76. The maximum Gasteiger partial charge on any atom is 0.323 e. The number of hydrogen-bond donors (Lipinski definition) is 3. The minimum atomic E-state index is -0.365. The fourth-order valence-corrected chi connectivity index (χ4v) is 2.39. The second-order valence-corrected chi connectivity index (χ2v) is 6.30. The largest absolute Gasteiger partial charge is 0.349 e. The molecule has 3 amide bonds. The summed E-state index contributed by atoms with van der Waals surface area (Å²) >= 11 is 5.94. The van der Waals surface area contributed by atoms with Crippen LogP contribution < -0.4 is 16.0 Å². The number of anilines is 2. The molecule has 1 saturated carbocycles. The van der Waals surface area contributed by atoms with Gasteiger partial charge in [-0.15, -0.1) is 0 Å². The lowest BCUT2D eigenvalue weighted by atomic mass is 10.2. The highest BCUT2D eigenvalue weighted by Gasteiger charge is 2.23. The van der Waals surface area contributed by atoms with E-state index in [9.17, 15) is 9.59 Å². The van der Waals surface area contributed by atoms with E-state index in [4.69, 9.17) is 11.6 Å². The van der Waals surface area contributed by atoms with Crippen molar-refractivity contribution in [3.8, 4) is 0 Å². The van der Waals surface area contributed by atoms with Gasteiger partial charge in [0, 0.05) is 28.0 Å². The lowest BCUT2D eigenvalue weighted by Gasteiger charge is -2.11. The first-order valence-corrected chi connectivity index (χ1v) is 8.14. The van der Waals surface area contributed by atoms with Crippen molar-refractivity contribution in [2.45, 2.75) is 25.8 Å². The molecule has 24 heavy (non-hydrogen) atoms. The number of benzene rings is 2. The summed E-state index contributed by atoms with van der Waals surface area (Å²) in [4.78, 5) is 24.0. The van der Waals surface area contributed by atoms with E-state index >= 15 is 0 Å². The van der Waals surface area contributed by atoms with Crippen LogP contribution in [0.5, 0.6) is 0 Å². The van der Waals surface area contributed by atoms with Crippen LogP contribution in [0.2, 0.25) is 5.02 Å². The van der Waals surface area contributed by atoms with E-state index in [0.29, 0.717) is 28.0 Å².